The van der Waals surface area contributed by atoms with E-state index in [1.807, 2.05) is 12.1 Å². The molecule has 2 nitrogen and oxygen atoms in total. The van der Waals surface area contributed by atoms with Crippen LogP contribution in [0.25, 0.3) is 11.1 Å². The molecule has 0 spiro atoms. The molecule has 2 heteroatoms. The van der Waals surface area contributed by atoms with Crippen molar-refractivity contribution < 1.29 is 4.74 Å². The van der Waals surface area contributed by atoms with E-state index >= 15 is 0 Å². The number of nitrogens with two attached hydrogens (primary N) is 1. The first-order chi connectivity index (χ1) is 8.65. The Labute approximate surface area is 107 Å². The van der Waals surface area contributed by atoms with E-state index in [0.717, 1.165) is 23.4 Å². The van der Waals surface area contributed by atoms with Gasteiger partial charge in [0.1, 0.15) is 11.9 Å². The maximum atomic E-state index is 5.97. The summed E-state index contributed by atoms with van der Waals surface area (Å²) < 4.78 is 5.73. The van der Waals surface area contributed by atoms with Crippen molar-refractivity contribution in [2.24, 2.45) is 0 Å². The molecule has 1 heterocycles. The molecule has 0 saturated carbocycles. The Morgan fingerprint density at radius 1 is 1.22 bits per heavy atom. The van der Waals surface area contributed by atoms with Crippen LogP contribution >= 0.6 is 0 Å². The highest BCUT2D eigenvalue weighted by molar-refractivity contribution is 5.74. The van der Waals surface area contributed by atoms with Crippen molar-refractivity contribution in [1.82, 2.24) is 0 Å². The lowest BCUT2D eigenvalue weighted by atomic mass is 9.97. The molecule has 18 heavy (non-hydrogen) atoms. The van der Waals surface area contributed by atoms with Crippen LogP contribution in [0.4, 0.5) is 5.69 Å². The van der Waals surface area contributed by atoms with Gasteiger partial charge in [0.15, 0.2) is 0 Å². The minimum Gasteiger partial charge on any atom is -0.490 e. The third-order valence-electron chi connectivity index (χ3n) is 3.58. The summed E-state index contributed by atoms with van der Waals surface area (Å²) in [7, 11) is 0. The van der Waals surface area contributed by atoms with E-state index in [2.05, 4.69) is 38.1 Å². The monoisotopic (exact) mass is 239 g/mol. The van der Waals surface area contributed by atoms with Gasteiger partial charge in [-0.3, -0.25) is 0 Å². The van der Waals surface area contributed by atoms with Crippen LogP contribution in [0, 0.1) is 6.92 Å². The van der Waals surface area contributed by atoms with Gasteiger partial charge in [0.25, 0.3) is 0 Å². The van der Waals surface area contributed by atoms with Crippen LogP contribution in [0.5, 0.6) is 5.75 Å². The quantitative estimate of drug-likeness (QED) is 0.772. The molecule has 0 bridgehead atoms. The van der Waals surface area contributed by atoms with Crippen LogP contribution in [0.15, 0.2) is 36.4 Å². The van der Waals surface area contributed by atoms with Gasteiger partial charge in [-0.25, -0.2) is 0 Å². The molecule has 2 N–H and O–H groups in total. The van der Waals surface area contributed by atoms with Crippen molar-refractivity contribution in [3.63, 3.8) is 0 Å². The fraction of sp³-hybridized carbons (Fsp3) is 0.250. The fourth-order valence-corrected chi connectivity index (χ4v) is 2.56. The number of benzene rings is 2. The summed E-state index contributed by atoms with van der Waals surface area (Å²) in [4.78, 5) is 0. The normalized spacial score (nSPS) is 17.3. The van der Waals surface area contributed by atoms with Crippen LogP contribution in [-0.4, -0.2) is 6.10 Å². The first kappa shape index (κ1) is 11.1. The fourth-order valence-electron chi connectivity index (χ4n) is 2.56. The molecule has 3 rings (SSSR count). The number of hydrogen-bond donors (Lipinski definition) is 1. The first-order valence-corrected chi connectivity index (χ1v) is 6.30. The van der Waals surface area contributed by atoms with Gasteiger partial charge in [0.05, 0.1) is 0 Å². The molecule has 0 amide bonds. The SMILES string of the molecule is Cc1c(N)cccc1-c1ccc2c(c1)CC(C)O2. The van der Waals surface area contributed by atoms with Gasteiger partial charge >= 0.3 is 0 Å². The van der Waals surface area contributed by atoms with Gasteiger partial charge in [-0.05, 0) is 54.3 Å². The van der Waals surface area contributed by atoms with Crippen LogP contribution in [0.2, 0.25) is 0 Å². The highest BCUT2D eigenvalue weighted by atomic mass is 16.5. The summed E-state index contributed by atoms with van der Waals surface area (Å²) in [6.45, 7) is 4.17. The van der Waals surface area contributed by atoms with Gasteiger partial charge in [-0.15, -0.1) is 0 Å². The Morgan fingerprint density at radius 2 is 2.06 bits per heavy atom. The Balaban J connectivity index is 2.08. The lowest BCUT2D eigenvalue weighted by Crippen LogP contribution is -2.05. The van der Waals surface area contributed by atoms with Crippen molar-refractivity contribution in [1.29, 1.82) is 0 Å². The second-order valence-corrected chi connectivity index (χ2v) is 4.97. The summed E-state index contributed by atoms with van der Waals surface area (Å²) in [6, 6.07) is 12.5. The number of ether oxygens (including phenoxy) is 1. The van der Waals surface area contributed by atoms with Crippen molar-refractivity contribution in [3.05, 3.63) is 47.5 Å². The first-order valence-electron chi connectivity index (χ1n) is 6.30. The van der Waals surface area contributed by atoms with Gasteiger partial charge in [0.2, 0.25) is 0 Å². The lowest BCUT2D eigenvalue weighted by molar-refractivity contribution is 0.254. The predicted molar refractivity (Wildman–Crippen MR) is 74.8 cm³/mol. The zero-order valence-electron chi connectivity index (χ0n) is 10.7. The number of nitrogen functional groups attached to an aromatic ring is 1. The van der Waals surface area contributed by atoms with Gasteiger partial charge in [0, 0.05) is 12.1 Å². The molecule has 0 fully saturated rings. The van der Waals surface area contributed by atoms with E-state index in [9.17, 15) is 0 Å². The zero-order valence-corrected chi connectivity index (χ0v) is 10.7. The van der Waals surface area contributed by atoms with Gasteiger partial charge in [-0.2, -0.15) is 0 Å². The molecule has 1 atom stereocenters. The Kier molecular flexibility index (Phi) is 2.51. The minimum absolute atomic E-state index is 0.289. The highest BCUT2D eigenvalue weighted by Crippen LogP contribution is 2.34. The van der Waals surface area contributed by atoms with Crippen molar-refractivity contribution in [2.75, 3.05) is 5.73 Å². The summed E-state index contributed by atoms with van der Waals surface area (Å²) in [5, 5.41) is 0. The minimum atomic E-state index is 0.289. The molecule has 2 aromatic carbocycles. The van der Waals surface area contributed by atoms with Crippen LogP contribution in [-0.2, 0) is 6.42 Å². The molecule has 1 aliphatic heterocycles. The Hall–Kier alpha value is -1.96. The summed E-state index contributed by atoms with van der Waals surface area (Å²) in [6.07, 6.45) is 1.28. The second kappa shape index (κ2) is 4.05. The zero-order chi connectivity index (χ0) is 12.7. The smallest absolute Gasteiger partial charge is 0.123 e. The Bertz CT molecular complexity index is 604. The third kappa shape index (κ3) is 1.74. The molecule has 0 aromatic heterocycles. The number of fused-ring (bicyclic) bond motifs is 1. The molecule has 0 saturated heterocycles. The van der Waals surface area contributed by atoms with Crippen molar-refractivity contribution in [3.8, 4) is 16.9 Å². The van der Waals surface area contributed by atoms with E-state index in [-0.39, 0.29) is 6.10 Å². The maximum absolute atomic E-state index is 5.97. The number of hydrogen-bond acceptors (Lipinski definition) is 2. The van der Waals surface area contributed by atoms with E-state index in [1.54, 1.807) is 0 Å². The van der Waals surface area contributed by atoms with Crippen LogP contribution in [0.3, 0.4) is 0 Å². The van der Waals surface area contributed by atoms with E-state index in [1.165, 1.54) is 16.7 Å². The average Bonchev–Trinajstić information content (AvgIpc) is 2.71. The molecular formula is C16H17NO. The standard InChI is InChI=1S/C16H17NO/c1-10-8-13-9-12(6-7-16(13)18-10)14-4-3-5-15(17)11(14)2/h3-7,9-10H,8,17H2,1-2H3. The van der Waals surface area contributed by atoms with Gasteiger partial charge < -0.3 is 10.5 Å². The predicted octanol–water partition coefficient (Wildman–Crippen LogP) is 3.57. The van der Waals surface area contributed by atoms with Crippen molar-refractivity contribution in [2.45, 2.75) is 26.4 Å². The van der Waals surface area contributed by atoms with E-state index in [0.29, 0.717) is 0 Å². The number of anilines is 1. The Morgan fingerprint density at radius 3 is 2.89 bits per heavy atom. The number of rotatable bonds is 1. The van der Waals surface area contributed by atoms with Crippen LogP contribution in [0.1, 0.15) is 18.1 Å². The molecule has 2 aromatic rings. The molecule has 92 valence electrons. The van der Waals surface area contributed by atoms with Crippen LogP contribution < -0.4 is 10.5 Å². The molecular weight excluding hydrogens is 222 g/mol. The summed E-state index contributed by atoms with van der Waals surface area (Å²) in [5.74, 6) is 1.02. The lowest BCUT2D eigenvalue weighted by Gasteiger charge is -2.09. The van der Waals surface area contributed by atoms with Gasteiger partial charge in [-0.1, -0.05) is 18.2 Å². The third-order valence-corrected chi connectivity index (χ3v) is 3.58. The molecule has 1 unspecified atom stereocenters. The van der Waals surface area contributed by atoms with Crippen molar-refractivity contribution >= 4 is 5.69 Å². The summed E-state index contributed by atoms with van der Waals surface area (Å²) >= 11 is 0. The van der Waals surface area contributed by atoms with E-state index in [4.69, 9.17) is 10.5 Å². The molecule has 0 radical (unpaired) electrons. The topological polar surface area (TPSA) is 35.2 Å². The summed E-state index contributed by atoms with van der Waals surface area (Å²) in [5.41, 5.74) is 11.7. The maximum Gasteiger partial charge on any atom is 0.123 e. The average molecular weight is 239 g/mol. The second-order valence-electron chi connectivity index (χ2n) is 4.97. The van der Waals surface area contributed by atoms with E-state index < -0.39 is 0 Å². The largest absolute Gasteiger partial charge is 0.490 e. The molecule has 1 aliphatic rings. The molecule has 0 aliphatic carbocycles. The highest BCUT2D eigenvalue weighted by Gasteiger charge is 2.19.